The Morgan fingerprint density at radius 1 is 1.12 bits per heavy atom. The number of hydrogen-bond donors (Lipinski definition) is 2. The predicted molar refractivity (Wildman–Crippen MR) is 131 cm³/mol. The Balaban J connectivity index is 1.84. The molecule has 0 bridgehead atoms. The fraction of sp³-hybridized carbons (Fsp3) is 0.481. The first kappa shape index (κ1) is 24.6. The lowest BCUT2D eigenvalue weighted by Crippen LogP contribution is -2.34. The second kappa shape index (κ2) is 11.7. The maximum Gasteiger partial charge on any atom is 0.335 e. The third-order valence-electron chi connectivity index (χ3n) is 6.22. The molecule has 2 aromatic rings. The van der Waals surface area contributed by atoms with Gasteiger partial charge < -0.3 is 20.1 Å². The number of nitrogens with one attached hydrogen (secondary N) is 1. The zero-order valence-corrected chi connectivity index (χ0v) is 20.0. The molecule has 0 spiro atoms. The number of carboxylic acid groups (broad SMARTS) is 1. The third-order valence-corrected chi connectivity index (χ3v) is 6.22. The van der Waals surface area contributed by atoms with Gasteiger partial charge in [0, 0.05) is 29.9 Å². The molecule has 178 valence electrons. The average Bonchev–Trinajstić information content (AvgIpc) is 2.80. The summed E-state index contributed by atoms with van der Waals surface area (Å²) >= 11 is 0. The lowest BCUT2D eigenvalue weighted by molar-refractivity contribution is -0.121. The largest absolute Gasteiger partial charge is 0.494 e. The second-order valence-corrected chi connectivity index (χ2v) is 8.70. The Bertz CT molecular complexity index is 967. The van der Waals surface area contributed by atoms with Gasteiger partial charge >= 0.3 is 5.97 Å². The number of aromatic carboxylic acids is 1. The maximum absolute atomic E-state index is 13.1. The summed E-state index contributed by atoms with van der Waals surface area (Å²) < 4.78 is 5.63. The molecule has 2 N–H and O–H groups in total. The summed E-state index contributed by atoms with van der Waals surface area (Å²) in [7, 11) is 0. The van der Waals surface area contributed by atoms with Crippen molar-refractivity contribution in [1.82, 2.24) is 5.32 Å². The van der Waals surface area contributed by atoms with E-state index >= 15 is 0 Å². The van der Waals surface area contributed by atoms with E-state index in [-0.39, 0.29) is 23.9 Å². The standard InChI is InChI=1S/C27H36N2O4/c1-4-10-22(26-19(3)11-9-12-23(26)29-15-7-6-8-16-29)28-25(30)18-20-13-14-21(27(31)32)17-24(20)33-5-2/h9,11-14,17,22H,4-8,10,15-16,18H2,1-3H3,(H,28,30)(H,31,32). The smallest absolute Gasteiger partial charge is 0.335 e. The molecule has 1 aliphatic heterocycles. The molecule has 1 unspecified atom stereocenters. The number of carbonyl (C=O) groups excluding carboxylic acids is 1. The Kier molecular flexibility index (Phi) is 8.75. The average molecular weight is 453 g/mol. The van der Waals surface area contributed by atoms with Crippen molar-refractivity contribution >= 4 is 17.6 Å². The van der Waals surface area contributed by atoms with Gasteiger partial charge in [-0.1, -0.05) is 31.5 Å². The minimum Gasteiger partial charge on any atom is -0.494 e. The molecule has 1 amide bonds. The van der Waals surface area contributed by atoms with E-state index < -0.39 is 5.97 Å². The molecule has 1 heterocycles. The molecule has 0 radical (unpaired) electrons. The van der Waals surface area contributed by atoms with Gasteiger partial charge in [0.05, 0.1) is 24.6 Å². The number of benzene rings is 2. The number of hydrogen-bond acceptors (Lipinski definition) is 4. The van der Waals surface area contributed by atoms with Crippen molar-refractivity contribution < 1.29 is 19.4 Å². The van der Waals surface area contributed by atoms with Gasteiger partial charge in [-0.25, -0.2) is 4.79 Å². The number of nitrogens with zero attached hydrogens (tertiary/aromatic N) is 1. The van der Waals surface area contributed by atoms with E-state index in [1.807, 2.05) is 6.92 Å². The van der Waals surface area contributed by atoms with Gasteiger partial charge in [-0.3, -0.25) is 4.79 Å². The summed E-state index contributed by atoms with van der Waals surface area (Å²) in [6, 6.07) is 11.0. The molecule has 0 aliphatic carbocycles. The normalized spacial score (nSPS) is 14.6. The summed E-state index contributed by atoms with van der Waals surface area (Å²) in [5.74, 6) is -0.658. The van der Waals surface area contributed by atoms with E-state index in [2.05, 4.69) is 42.3 Å². The van der Waals surface area contributed by atoms with Gasteiger partial charge in [0.1, 0.15) is 5.75 Å². The molecule has 1 fully saturated rings. The number of piperidine rings is 1. The van der Waals surface area contributed by atoms with Crippen molar-refractivity contribution in [1.29, 1.82) is 0 Å². The molecule has 1 atom stereocenters. The highest BCUT2D eigenvalue weighted by Gasteiger charge is 2.23. The Morgan fingerprint density at radius 3 is 2.55 bits per heavy atom. The fourth-order valence-corrected chi connectivity index (χ4v) is 4.65. The number of ether oxygens (including phenoxy) is 1. The topological polar surface area (TPSA) is 78.9 Å². The predicted octanol–water partition coefficient (Wildman–Crippen LogP) is 5.28. The molecule has 2 aromatic carbocycles. The zero-order valence-electron chi connectivity index (χ0n) is 20.0. The molecule has 6 nitrogen and oxygen atoms in total. The second-order valence-electron chi connectivity index (χ2n) is 8.70. The molecular weight excluding hydrogens is 416 g/mol. The van der Waals surface area contributed by atoms with Crippen LogP contribution in [-0.4, -0.2) is 36.7 Å². The van der Waals surface area contributed by atoms with E-state index in [0.29, 0.717) is 17.9 Å². The van der Waals surface area contributed by atoms with Gasteiger partial charge in [-0.15, -0.1) is 0 Å². The number of carboxylic acids is 1. The quantitative estimate of drug-likeness (QED) is 0.513. The Labute approximate surface area is 196 Å². The molecule has 33 heavy (non-hydrogen) atoms. The molecular formula is C27H36N2O4. The Morgan fingerprint density at radius 2 is 1.88 bits per heavy atom. The number of amides is 1. The minimum absolute atomic E-state index is 0.0746. The number of aryl methyl sites for hydroxylation is 1. The highest BCUT2D eigenvalue weighted by Crippen LogP contribution is 2.34. The number of carbonyl (C=O) groups is 2. The summed E-state index contributed by atoms with van der Waals surface area (Å²) in [5, 5.41) is 12.5. The van der Waals surface area contributed by atoms with Crippen LogP contribution in [-0.2, 0) is 11.2 Å². The summed E-state index contributed by atoms with van der Waals surface area (Å²) in [6.07, 6.45) is 5.62. The van der Waals surface area contributed by atoms with E-state index in [0.717, 1.165) is 25.9 Å². The van der Waals surface area contributed by atoms with Crippen LogP contribution in [0.3, 0.4) is 0 Å². The first-order valence-electron chi connectivity index (χ1n) is 12.1. The van der Waals surface area contributed by atoms with E-state index in [1.165, 1.54) is 48.2 Å². The monoisotopic (exact) mass is 452 g/mol. The van der Waals surface area contributed by atoms with Crippen LogP contribution in [0.5, 0.6) is 5.75 Å². The highest BCUT2D eigenvalue weighted by molar-refractivity contribution is 5.89. The van der Waals surface area contributed by atoms with E-state index in [4.69, 9.17) is 4.74 Å². The van der Waals surface area contributed by atoms with Gasteiger partial charge in [0.25, 0.3) is 0 Å². The Hall–Kier alpha value is -3.02. The lowest BCUT2D eigenvalue weighted by atomic mass is 9.94. The van der Waals surface area contributed by atoms with Crippen LogP contribution >= 0.6 is 0 Å². The van der Waals surface area contributed by atoms with Crippen LogP contribution in [0.1, 0.15) is 79.0 Å². The van der Waals surface area contributed by atoms with Crippen LogP contribution in [0.2, 0.25) is 0 Å². The lowest BCUT2D eigenvalue weighted by Gasteiger charge is -2.33. The molecule has 1 saturated heterocycles. The molecule has 0 saturated carbocycles. The van der Waals surface area contributed by atoms with E-state index in [1.54, 1.807) is 6.07 Å². The van der Waals surface area contributed by atoms with Crippen molar-refractivity contribution in [3.8, 4) is 5.75 Å². The molecule has 0 aromatic heterocycles. The van der Waals surface area contributed by atoms with Crippen LogP contribution in [0.25, 0.3) is 0 Å². The van der Waals surface area contributed by atoms with Crippen molar-refractivity contribution in [2.75, 3.05) is 24.6 Å². The van der Waals surface area contributed by atoms with Crippen molar-refractivity contribution in [3.63, 3.8) is 0 Å². The summed E-state index contributed by atoms with van der Waals surface area (Å²) in [5.41, 5.74) is 4.47. The fourth-order valence-electron chi connectivity index (χ4n) is 4.65. The van der Waals surface area contributed by atoms with Gasteiger partial charge in [-0.05, 0) is 63.3 Å². The maximum atomic E-state index is 13.1. The minimum atomic E-state index is -1.01. The van der Waals surface area contributed by atoms with Gasteiger partial charge in [0.2, 0.25) is 5.91 Å². The van der Waals surface area contributed by atoms with Crippen molar-refractivity contribution in [2.45, 2.75) is 65.3 Å². The number of rotatable bonds is 10. The SMILES string of the molecule is CCCC(NC(=O)Cc1ccc(C(=O)O)cc1OCC)c1c(C)cccc1N1CCCCC1. The van der Waals surface area contributed by atoms with E-state index in [9.17, 15) is 14.7 Å². The van der Waals surface area contributed by atoms with Crippen LogP contribution in [0, 0.1) is 6.92 Å². The zero-order chi connectivity index (χ0) is 23.8. The van der Waals surface area contributed by atoms with Crippen LogP contribution in [0.4, 0.5) is 5.69 Å². The molecule has 6 heteroatoms. The van der Waals surface area contributed by atoms with Crippen molar-refractivity contribution in [2.24, 2.45) is 0 Å². The molecule has 1 aliphatic rings. The van der Waals surface area contributed by atoms with Crippen LogP contribution < -0.4 is 15.0 Å². The van der Waals surface area contributed by atoms with Gasteiger partial charge in [0.15, 0.2) is 0 Å². The first-order valence-corrected chi connectivity index (χ1v) is 12.1. The summed E-state index contributed by atoms with van der Waals surface area (Å²) in [4.78, 5) is 26.9. The van der Waals surface area contributed by atoms with Gasteiger partial charge in [-0.2, -0.15) is 0 Å². The highest BCUT2D eigenvalue weighted by atomic mass is 16.5. The first-order chi connectivity index (χ1) is 15.9. The third kappa shape index (κ3) is 6.28. The van der Waals surface area contributed by atoms with Crippen LogP contribution in [0.15, 0.2) is 36.4 Å². The number of anilines is 1. The molecule has 3 rings (SSSR count). The van der Waals surface area contributed by atoms with Crippen molar-refractivity contribution in [3.05, 3.63) is 58.7 Å². The summed E-state index contributed by atoms with van der Waals surface area (Å²) in [6.45, 7) is 8.60.